The van der Waals surface area contributed by atoms with Crippen molar-refractivity contribution >= 4 is 0 Å². The van der Waals surface area contributed by atoms with E-state index in [1.165, 1.54) is 32.1 Å². The van der Waals surface area contributed by atoms with Crippen LogP contribution in [0.5, 0.6) is 0 Å². The molecule has 0 spiro atoms. The van der Waals surface area contributed by atoms with Gasteiger partial charge in [-0.1, -0.05) is 26.2 Å². The second-order valence-corrected chi connectivity index (χ2v) is 4.01. The minimum absolute atomic E-state index is 0.122. The molecule has 1 aliphatic rings. The number of rotatable bonds is 0. The first-order valence-electron chi connectivity index (χ1n) is 4.42. The Morgan fingerprint density at radius 2 is 2.00 bits per heavy atom. The molecule has 0 amide bonds. The molecule has 1 nitrogen and oxygen atoms in total. The third-order valence-corrected chi connectivity index (χ3v) is 2.98. The van der Waals surface area contributed by atoms with Gasteiger partial charge < -0.3 is 5.73 Å². The minimum atomic E-state index is 0.122. The summed E-state index contributed by atoms with van der Waals surface area (Å²) in [4.78, 5) is 0. The molecule has 0 aromatic rings. The summed E-state index contributed by atoms with van der Waals surface area (Å²) in [5.41, 5.74) is 6.24. The summed E-state index contributed by atoms with van der Waals surface area (Å²) in [5.74, 6) is 0.718. The molecule has 0 bridgehead atoms. The van der Waals surface area contributed by atoms with Gasteiger partial charge >= 0.3 is 0 Å². The molecule has 1 heteroatoms. The van der Waals surface area contributed by atoms with Crippen LogP contribution in [0.4, 0.5) is 0 Å². The second kappa shape index (κ2) is 2.91. The van der Waals surface area contributed by atoms with Gasteiger partial charge in [0, 0.05) is 5.54 Å². The summed E-state index contributed by atoms with van der Waals surface area (Å²) >= 11 is 0. The van der Waals surface area contributed by atoms with E-state index in [0.29, 0.717) is 0 Å². The quantitative estimate of drug-likeness (QED) is 0.515. The van der Waals surface area contributed by atoms with Crippen molar-refractivity contribution < 1.29 is 0 Å². The van der Waals surface area contributed by atoms with E-state index >= 15 is 0 Å². The van der Waals surface area contributed by atoms with E-state index in [4.69, 9.17) is 5.73 Å². The summed E-state index contributed by atoms with van der Waals surface area (Å²) in [6, 6.07) is 0. The van der Waals surface area contributed by atoms with Gasteiger partial charge in [0.2, 0.25) is 0 Å². The lowest BCUT2D eigenvalue weighted by Crippen LogP contribution is -2.41. The topological polar surface area (TPSA) is 26.0 Å². The first-order chi connectivity index (χ1) is 4.63. The third-order valence-electron chi connectivity index (χ3n) is 2.98. The van der Waals surface area contributed by atoms with Crippen molar-refractivity contribution in [2.75, 3.05) is 0 Å². The number of hydrogen-bond donors (Lipinski definition) is 1. The van der Waals surface area contributed by atoms with E-state index < -0.39 is 0 Å². The maximum absolute atomic E-state index is 6.12. The molecule has 2 atom stereocenters. The first kappa shape index (κ1) is 8.06. The smallest absolute Gasteiger partial charge is 0.0151 e. The van der Waals surface area contributed by atoms with Crippen LogP contribution in [0.1, 0.15) is 46.0 Å². The van der Waals surface area contributed by atoms with Crippen molar-refractivity contribution in [3.8, 4) is 0 Å². The fourth-order valence-corrected chi connectivity index (χ4v) is 1.71. The maximum atomic E-state index is 6.12. The average molecular weight is 141 g/mol. The lowest BCUT2D eigenvalue weighted by atomic mass is 9.84. The Kier molecular flexibility index (Phi) is 2.35. The summed E-state index contributed by atoms with van der Waals surface area (Å²) in [6.07, 6.45) is 6.64. The van der Waals surface area contributed by atoms with E-state index in [0.717, 1.165) is 5.92 Å². The second-order valence-electron chi connectivity index (χ2n) is 4.01. The SMILES string of the molecule is C[C@@H]1CCCCC[C@@]1(C)N. The average Bonchev–Trinajstić information content (AvgIpc) is 1.96. The van der Waals surface area contributed by atoms with Gasteiger partial charge in [-0.25, -0.2) is 0 Å². The van der Waals surface area contributed by atoms with Crippen LogP contribution in [0, 0.1) is 5.92 Å². The molecule has 2 N–H and O–H groups in total. The highest BCUT2D eigenvalue weighted by Gasteiger charge is 2.27. The molecule has 1 fully saturated rings. The first-order valence-corrected chi connectivity index (χ1v) is 4.42. The van der Waals surface area contributed by atoms with Crippen molar-refractivity contribution in [3.05, 3.63) is 0 Å². The molecule has 10 heavy (non-hydrogen) atoms. The van der Waals surface area contributed by atoms with Gasteiger partial charge in [-0.2, -0.15) is 0 Å². The monoisotopic (exact) mass is 141 g/mol. The zero-order valence-electron chi connectivity index (χ0n) is 7.19. The lowest BCUT2D eigenvalue weighted by molar-refractivity contribution is 0.299. The lowest BCUT2D eigenvalue weighted by Gasteiger charge is -2.29. The Balaban J connectivity index is 2.52. The molecule has 0 saturated heterocycles. The maximum Gasteiger partial charge on any atom is 0.0151 e. The summed E-state index contributed by atoms with van der Waals surface area (Å²) < 4.78 is 0. The molecule has 0 aromatic carbocycles. The molecule has 60 valence electrons. The van der Waals surface area contributed by atoms with Crippen LogP contribution in [0.25, 0.3) is 0 Å². The van der Waals surface area contributed by atoms with E-state index in [-0.39, 0.29) is 5.54 Å². The van der Waals surface area contributed by atoms with Crippen LogP contribution in [0.15, 0.2) is 0 Å². The van der Waals surface area contributed by atoms with Gasteiger partial charge in [0.25, 0.3) is 0 Å². The Hall–Kier alpha value is -0.0400. The summed E-state index contributed by atoms with van der Waals surface area (Å²) in [6.45, 7) is 4.48. The molecule has 0 unspecified atom stereocenters. The number of nitrogens with two attached hydrogens (primary N) is 1. The largest absolute Gasteiger partial charge is 0.325 e. The van der Waals surface area contributed by atoms with Crippen molar-refractivity contribution in [1.82, 2.24) is 0 Å². The Labute approximate surface area is 64.0 Å². The molecule has 1 saturated carbocycles. The molecule has 1 aliphatic carbocycles. The molecule has 0 aromatic heterocycles. The van der Waals surface area contributed by atoms with Crippen molar-refractivity contribution in [2.45, 2.75) is 51.5 Å². The van der Waals surface area contributed by atoms with Crippen LogP contribution in [0.3, 0.4) is 0 Å². The highest BCUT2D eigenvalue weighted by Crippen LogP contribution is 2.29. The van der Waals surface area contributed by atoms with Gasteiger partial charge in [-0.3, -0.25) is 0 Å². The fourth-order valence-electron chi connectivity index (χ4n) is 1.71. The van der Waals surface area contributed by atoms with E-state index in [9.17, 15) is 0 Å². The van der Waals surface area contributed by atoms with Crippen LogP contribution in [-0.2, 0) is 0 Å². The Morgan fingerprint density at radius 3 is 2.70 bits per heavy atom. The van der Waals surface area contributed by atoms with Crippen molar-refractivity contribution in [1.29, 1.82) is 0 Å². The fraction of sp³-hybridized carbons (Fsp3) is 1.00. The standard InChI is InChI=1S/C9H19N/c1-8-6-4-3-5-7-9(8,2)10/h8H,3-7,10H2,1-2H3/t8-,9-/m1/s1. The zero-order valence-corrected chi connectivity index (χ0v) is 7.19. The van der Waals surface area contributed by atoms with Gasteiger partial charge in [-0.05, 0) is 25.7 Å². The summed E-state index contributed by atoms with van der Waals surface area (Å²) in [7, 11) is 0. The van der Waals surface area contributed by atoms with Crippen molar-refractivity contribution in [2.24, 2.45) is 11.7 Å². The predicted octanol–water partition coefficient (Wildman–Crippen LogP) is 2.30. The predicted molar refractivity (Wildman–Crippen MR) is 44.8 cm³/mol. The molecule has 0 heterocycles. The van der Waals surface area contributed by atoms with Gasteiger partial charge in [0.15, 0.2) is 0 Å². The van der Waals surface area contributed by atoms with Crippen molar-refractivity contribution in [3.63, 3.8) is 0 Å². The molecule has 0 aliphatic heterocycles. The van der Waals surface area contributed by atoms with E-state index in [1.54, 1.807) is 0 Å². The Bertz CT molecular complexity index is 107. The third kappa shape index (κ3) is 1.72. The molecule has 0 radical (unpaired) electrons. The van der Waals surface area contributed by atoms with Crippen LogP contribution < -0.4 is 5.73 Å². The highest BCUT2D eigenvalue weighted by atomic mass is 14.7. The van der Waals surface area contributed by atoms with E-state index in [2.05, 4.69) is 13.8 Å². The molecular weight excluding hydrogens is 122 g/mol. The minimum Gasteiger partial charge on any atom is -0.325 e. The zero-order chi connectivity index (χ0) is 7.61. The summed E-state index contributed by atoms with van der Waals surface area (Å²) in [5, 5.41) is 0. The van der Waals surface area contributed by atoms with Crippen LogP contribution >= 0.6 is 0 Å². The van der Waals surface area contributed by atoms with Gasteiger partial charge in [0.05, 0.1) is 0 Å². The van der Waals surface area contributed by atoms with Gasteiger partial charge in [-0.15, -0.1) is 0 Å². The Morgan fingerprint density at radius 1 is 1.30 bits per heavy atom. The van der Waals surface area contributed by atoms with Crippen LogP contribution in [-0.4, -0.2) is 5.54 Å². The van der Waals surface area contributed by atoms with Gasteiger partial charge in [0.1, 0.15) is 0 Å². The van der Waals surface area contributed by atoms with E-state index in [1.807, 2.05) is 0 Å². The molecule has 1 rings (SSSR count). The van der Waals surface area contributed by atoms with Crippen LogP contribution in [0.2, 0.25) is 0 Å². The highest BCUT2D eigenvalue weighted by molar-refractivity contribution is 4.86. The number of hydrogen-bond acceptors (Lipinski definition) is 1. The normalized spacial score (nSPS) is 42.9. The molecular formula is C9H19N.